The molecule has 1 heteroatoms. The van der Waals surface area contributed by atoms with Crippen molar-refractivity contribution < 1.29 is 0 Å². The van der Waals surface area contributed by atoms with E-state index in [0.29, 0.717) is 5.92 Å². The minimum Gasteiger partial charge on any atom is -0.198 e. The summed E-state index contributed by atoms with van der Waals surface area (Å²) in [6.45, 7) is 0. The monoisotopic (exact) mass is 215 g/mol. The Balaban J connectivity index is 1.61. The summed E-state index contributed by atoms with van der Waals surface area (Å²) in [5.41, 5.74) is 0. The first-order valence-electron chi connectivity index (χ1n) is 7.24. The summed E-state index contributed by atoms with van der Waals surface area (Å²) in [4.78, 5) is 0. The van der Waals surface area contributed by atoms with E-state index in [9.17, 15) is 5.26 Å². The van der Waals surface area contributed by atoms with Crippen molar-refractivity contribution in [3.05, 3.63) is 0 Å². The maximum Gasteiger partial charge on any atom is 0.0661 e. The molecule has 0 saturated heterocycles. The zero-order chi connectivity index (χ0) is 10.7. The van der Waals surface area contributed by atoms with Crippen LogP contribution in [0.3, 0.4) is 0 Å². The second-order valence-corrected chi connectivity index (χ2v) is 7.00. The van der Waals surface area contributed by atoms with Crippen molar-refractivity contribution in [2.24, 2.45) is 41.4 Å². The quantitative estimate of drug-likeness (QED) is 0.690. The summed E-state index contributed by atoms with van der Waals surface area (Å²) in [6.07, 6.45) is 10.1. The molecule has 0 N–H and O–H groups in total. The van der Waals surface area contributed by atoms with Crippen molar-refractivity contribution in [2.45, 2.75) is 44.9 Å². The number of nitrogens with zero attached hydrogens (tertiary/aromatic N) is 1. The lowest BCUT2D eigenvalue weighted by molar-refractivity contribution is -0.0554. The van der Waals surface area contributed by atoms with Gasteiger partial charge < -0.3 is 0 Å². The van der Waals surface area contributed by atoms with Crippen LogP contribution >= 0.6 is 0 Å². The Kier molecular flexibility index (Phi) is 1.93. The largest absolute Gasteiger partial charge is 0.198 e. The predicted octanol–water partition coefficient (Wildman–Crippen LogP) is 3.61. The zero-order valence-electron chi connectivity index (χ0n) is 9.94. The molecule has 16 heavy (non-hydrogen) atoms. The minimum atomic E-state index is 0.440. The minimum absolute atomic E-state index is 0.440. The van der Waals surface area contributed by atoms with Crippen molar-refractivity contribution in [3.8, 4) is 6.07 Å². The molecule has 4 bridgehead atoms. The molecule has 5 aliphatic carbocycles. The van der Waals surface area contributed by atoms with Gasteiger partial charge in [0.1, 0.15) is 0 Å². The summed E-state index contributed by atoms with van der Waals surface area (Å²) in [5, 5.41) is 9.47. The van der Waals surface area contributed by atoms with Crippen LogP contribution in [0.15, 0.2) is 0 Å². The Hall–Kier alpha value is -0.510. The van der Waals surface area contributed by atoms with Gasteiger partial charge in [0, 0.05) is 0 Å². The molecule has 0 aromatic rings. The number of rotatable bonds is 2. The lowest BCUT2D eigenvalue weighted by atomic mass is 9.49. The summed E-state index contributed by atoms with van der Waals surface area (Å²) in [5.74, 6) is 6.05. The lowest BCUT2D eigenvalue weighted by Gasteiger charge is -2.55. The molecule has 0 amide bonds. The first-order valence-corrected chi connectivity index (χ1v) is 7.24. The Bertz CT molecular complexity index is 308. The highest BCUT2D eigenvalue weighted by molar-refractivity contribution is 5.07. The van der Waals surface area contributed by atoms with E-state index in [4.69, 9.17) is 0 Å². The smallest absolute Gasteiger partial charge is 0.0661 e. The Morgan fingerprint density at radius 1 is 0.875 bits per heavy atom. The van der Waals surface area contributed by atoms with Crippen LogP contribution in [0.4, 0.5) is 0 Å². The van der Waals surface area contributed by atoms with Crippen LogP contribution in [0.5, 0.6) is 0 Å². The van der Waals surface area contributed by atoms with Crippen LogP contribution in [0, 0.1) is 52.8 Å². The molecular weight excluding hydrogens is 194 g/mol. The molecule has 5 saturated carbocycles. The lowest BCUT2D eigenvalue weighted by Crippen LogP contribution is -2.47. The fourth-order valence-corrected chi connectivity index (χ4v) is 5.51. The highest BCUT2D eigenvalue weighted by atomic mass is 14.6. The molecule has 0 aromatic carbocycles. The van der Waals surface area contributed by atoms with E-state index in [0.717, 1.165) is 35.5 Å². The maximum absolute atomic E-state index is 9.47. The van der Waals surface area contributed by atoms with Crippen molar-refractivity contribution in [2.75, 3.05) is 0 Å². The van der Waals surface area contributed by atoms with E-state index in [2.05, 4.69) is 6.07 Å². The molecule has 86 valence electrons. The van der Waals surface area contributed by atoms with Crippen molar-refractivity contribution in [1.82, 2.24) is 0 Å². The first-order chi connectivity index (χ1) is 7.85. The van der Waals surface area contributed by atoms with Crippen molar-refractivity contribution in [3.63, 3.8) is 0 Å². The summed E-state index contributed by atoms with van der Waals surface area (Å²) in [6, 6.07) is 2.69. The van der Waals surface area contributed by atoms with Gasteiger partial charge in [0.15, 0.2) is 0 Å². The van der Waals surface area contributed by atoms with Gasteiger partial charge >= 0.3 is 0 Å². The number of hydrogen-bond donors (Lipinski definition) is 0. The third-order valence-corrected chi connectivity index (χ3v) is 5.99. The molecule has 1 unspecified atom stereocenters. The predicted molar refractivity (Wildman–Crippen MR) is 62.4 cm³/mol. The van der Waals surface area contributed by atoms with Crippen LogP contribution in [-0.2, 0) is 0 Å². The average molecular weight is 215 g/mol. The Morgan fingerprint density at radius 2 is 1.44 bits per heavy atom. The van der Waals surface area contributed by atoms with Gasteiger partial charge in [-0.3, -0.25) is 0 Å². The standard InChI is InChI=1S/C15H21N/c16-8-14(11-1-2-11)15-12-4-9-3-10(6-12)7-13(15)5-9/h9-15H,1-7H2. The molecule has 0 radical (unpaired) electrons. The number of hydrogen-bond acceptors (Lipinski definition) is 1. The van der Waals surface area contributed by atoms with Crippen LogP contribution < -0.4 is 0 Å². The van der Waals surface area contributed by atoms with Gasteiger partial charge in [-0.05, 0) is 80.5 Å². The van der Waals surface area contributed by atoms with Crippen LogP contribution in [0.2, 0.25) is 0 Å². The average Bonchev–Trinajstić information content (AvgIpc) is 3.06. The van der Waals surface area contributed by atoms with Gasteiger partial charge in [-0.25, -0.2) is 0 Å². The summed E-state index contributed by atoms with van der Waals surface area (Å²) in [7, 11) is 0. The Morgan fingerprint density at radius 3 is 1.88 bits per heavy atom. The van der Waals surface area contributed by atoms with Gasteiger partial charge in [0.05, 0.1) is 12.0 Å². The van der Waals surface area contributed by atoms with Crippen molar-refractivity contribution >= 4 is 0 Å². The Labute approximate surface area is 98.2 Å². The maximum atomic E-state index is 9.47. The van der Waals surface area contributed by atoms with Gasteiger partial charge in [0.25, 0.3) is 0 Å². The molecule has 1 atom stereocenters. The molecule has 5 aliphatic rings. The molecule has 5 fully saturated rings. The van der Waals surface area contributed by atoms with Gasteiger partial charge in [-0.15, -0.1) is 0 Å². The van der Waals surface area contributed by atoms with E-state index < -0.39 is 0 Å². The first kappa shape index (κ1) is 9.51. The topological polar surface area (TPSA) is 23.8 Å². The second-order valence-electron chi connectivity index (χ2n) is 7.00. The fraction of sp³-hybridized carbons (Fsp3) is 0.933. The SMILES string of the molecule is N#CC(C1CC1)C1C2CC3CC(C2)CC1C3. The van der Waals surface area contributed by atoms with Crippen LogP contribution in [-0.4, -0.2) is 0 Å². The van der Waals surface area contributed by atoms with Gasteiger partial charge in [-0.2, -0.15) is 5.26 Å². The van der Waals surface area contributed by atoms with E-state index in [1.807, 2.05) is 0 Å². The molecule has 0 heterocycles. The molecular formula is C15H21N. The molecule has 0 spiro atoms. The van der Waals surface area contributed by atoms with Crippen molar-refractivity contribution in [1.29, 1.82) is 5.26 Å². The third-order valence-electron chi connectivity index (χ3n) is 5.99. The fourth-order valence-electron chi connectivity index (χ4n) is 5.51. The second kappa shape index (κ2) is 3.25. The number of nitriles is 1. The summed E-state index contributed by atoms with van der Waals surface area (Å²) >= 11 is 0. The molecule has 0 aliphatic heterocycles. The van der Waals surface area contributed by atoms with E-state index in [-0.39, 0.29) is 0 Å². The van der Waals surface area contributed by atoms with Crippen LogP contribution in [0.25, 0.3) is 0 Å². The van der Waals surface area contributed by atoms with Gasteiger partial charge in [-0.1, -0.05) is 0 Å². The third kappa shape index (κ3) is 1.28. The van der Waals surface area contributed by atoms with E-state index in [1.165, 1.54) is 44.9 Å². The van der Waals surface area contributed by atoms with E-state index >= 15 is 0 Å². The van der Waals surface area contributed by atoms with Crippen LogP contribution in [0.1, 0.15) is 44.9 Å². The van der Waals surface area contributed by atoms with Gasteiger partial charge in [0.2, 0.25) is 0 Å². The normalized spacial score (nSPS) is 51.3. The molecule has 1 nitrogen and oxygen atoms in total. The molecule has 0 aromatic heterocycles. The van der Waals surface area contributed by atoms with E-state index in [1.54, 1.807) is 0 Å². The molecule has 5 rings (SSSR count). The highest BCUT2D eigenvalue weighted by Gasteiger charge is 2.53. The zero-order valence-corrected chi connectivity index (χ0v) is 9.94. The summed E-state index contributed by atoms with van der Waals surface area (Å²) < 4.78 is 0. The highest BCUT2D eigenvalue weighted by Crippen LogP contribution is 2.60.